The van der Waals surface area contributed by atoms with Crippen LogP contribution in [-0.4, -0.2) is 58.5 Å². The first-order valence-electron chi connectivity index (χ1n) is 7.24. The van der Waals surface area contributed by atoms with E-state index >= 15 is 0 Å². The van der Waals surface area contributed by atoms with Gasteiger partial charge in [0.25, 0.3) is 0 Å². The zero-order chi connectivity index (χ0) is 13.2. The normalized spacial score (nSPS) is 29.9. The minimum atomic E-state index is 0.390. The molecule has 3 saturated heterocycles. The molecule has 2 bridgehead atoms. The van der Waals surface area contributed by atoms with Gasteiger partial charge < -0.3 is 5.32 Å². The molecule has 4 rings (SSSR count). The summed E-state index contributed by atoms with van der Waals surface area (Å²) in [5.41, 5.74) is 1.09. The third-order valence-electron chi connectivity index (χ3n) is 4.00. The van der Waals surface area contributed by atoms with E-state index < -0.39 is 0 Å². The molecule has 1 N–H and O–H groups in total. The number of piperazine rings is 3. The van der Waals surface area contributed by atoms with E-state index in [0.29, 0.717) is 12.1 Å². The van der Waals surface area contributed by atoms with Gasteiger partial charge in [0, 0.05) is 51.5 Å². The maximum atomic E-state index is 4.75. The van der Waals surface area contributed by atoms with Crippen LogP contribution in [0.25, 0.3) is 0 Å². The standard InChI is InChI=1S/C14H23N5/c1-11(2)16-9-12-3-4-15-14(17-12)13-10-18-5-7-19(13)8-6-18/h3-4,11,13,16H,5-10H2,1-2H3. The van der Waals surface area contributed by atoms with E-state index in [0.717, 1.165) is 37.7 Å². The van der Waals surface area contributed by atoms with Gasteiger partial charge in [-0.3, -0.25) is 9.80 Å². The summed E-state index contributed by atoms with van der Waals surface area (Å²) in [7, 11) is 0. The Bertz CT molecular complexity index is 426. The Labute approximate surface area is 115 Å². The summed E-state index contributed by atoms with van der Waals surface area (Å²) in [6.07, 6.45) is 1.90. The van der Waals surface area contributed by atoms with E-state index in [1.54, 1.807) is 0 Å². The fourth-order valence-corrected chi connectivity index (χ4v) is 2.84. The molecule has 1 atom stereocenters. The molecular weight excluding hydrogens is 238 g/mol. The lowest BCUT2D eigenvalue weighted by atomic mass is 10.1. The number of nitrogens with zero attached hydrogens (tertiary/aromatic N) is 4. The highest BCUT2D eigenvalue weighted by atomic mass is 15.4. The molecule has 1 unspecified atom stereocenters. The molecule has 0 amide bonds. The predicted molar refractivity (Wildman–Crippen MR) is 74.8 cm³/mol. The van der Waals surface area contributed by atoms with Gasteiger partial charge in [-0.15, -0.1) is 0 Å². The zero-order valence-corrected chi connectivity index (χ0v) is 11.8. The second kappa shape index (κ2) is 5.53. The molecule has 3 fully saturated rings. The second-order valence-electron chi connectivity index (χ2n) is 5.79. The van der Waals surface area contributed by atoms with Crippen molar-refractivity contribution >= 4 is 0 Å². The summed E-state index contributed by atoms with van der Waals surface area (Å²) in [4.78, 5) is 14.3. The van der Waals surface area contributed by atoms with Crippen molar-refractivity contribution in [2.75, 3.05) is 32.7 Å². The first-order valence-corrected chi connectivity index (χ1v) is 7.24. The summed E-state index contributed by atoms with van der Waals surface area (Å²) < 4.78 is 0. The Morgan fingerprint density at radius 3 is 2.74 bits per heavy atom. The van der Waals surface area contributed by atoms with E-state index in [-0.39, 0.29) is 0 Å². The Morgan fingerprint density at radius 1 is 1.32 bits per heavy atom. The van der Waals surface area contributed by atoms with Crippen LogP contribution in [0.4, 0.5) is 0 Å². The zero-order valence-electron chi connectivity index (χ0n) is 11.8. The van der Waals surface area contributed by atoms with E-state index in [2.05, 4.69) is 33.9 Å². The highest BCUT2D eigenvalue weighted by molar-refractivity contribution is 5.08. The molecule has 5 nitrogen and oxygen atoms in total. The summed E-state index contributed by atoms with van der Waals surface area (Å²) in [6, 6.07) is 2.88. The molecule has 0 saturated carbocycles. The van der Waals surface area contributed by atoms with Crippen LogP contribution in [-0.2, 0) is 6.54 Å². The number of fused-ring (bicyclic) bond motifs is 3. The fourth-order valence-electron chi connectivity index (χ4n) is 2.84. The number of hydrogen-bond donors (Lipinski definition) is 1. The van der Waals surface area contributed by atoms with Crippen molar-refractivity contribution in [2.45, 2.75) is 32.5 Å². The number of aromatic nitrogens is 2. The van der Waals surface area contributed by atoms with Crippen molar-refractivity contribution in [1.82, 2.24) is 25.1 Å². The molecule has 0 aliphatic carbocycles. The topological polar surface area (TPSA) is 44.3 Å². The van der Waals surface area contributed by atoms with Gasteiger partial charge in [0.05, 0.1) is 11.7 Å². The van der Waals surface area contributed by atoms with Crippen LogP contribution in [0.5, 0.6) is 0 Å². The molecule has 3 aliphatic rings. The Kier molecular flexibility index (Phi) is 3.77. The maximum Gasteiger partial charge on any atom is 0.147 e. The van der Waals surface area contributed by atoms with Gasteiger partial charge in [-0.25, -0.2) is 9.97 Å². The lowest BCUT2D eigenvalue weighted by molar-refractivity contribution is 0.00854. The largest absolute Gasteiger partial charge is 0.309 e. The highest BCUT2D eigenvalue weighted by Crippen LogP contribution is 2.26. The van der Waals surface area contributed by atoms with Gasteiger partial charge in [-0.2, -0.15) is 0 Å². The minimum absolute atomic E-state index is 0.390. The van der Waals surface area contributed by atoms with E-state index in [1.165, 1.54) is 13.1 Å². The number of rotatable bonds is 4. The third kappa shape index (κ3) is 2.94. The van der Waals surface area contributed by atoms with Gasteiger partial charge in [-0.1, -0.05) is 13.8 Å². The first-order chi connectivity index (χ1) is 9.22. The molecule has 0 aromatic carbocycles. The molecule has 19 heavy (non-hydrogen) atoms. The maximum absolute atomic E-state index is 4.75. The van der Waals surface area contributed by atoms with Crippen molar-refractivity contribution in [2.24, 2.45) is 0 Å². The molecule has 1 aromatic rings. The molecular formula is C14H23N5. The van der Waals surface area contributed by atoms with Crippen LogP contribution in [0.1, 0.15) is 31.4 Å². The van der Waals surface area contributed by atoms with Gasteiger partial charge in [0.1, 0.15) is 5.82 Å². The smallest absolute Gasteiger partial charge is 0.147 e. The second-order valence-corrected chi connectivity index (χ2v) is 5.79. The molecule has 104 valence electrons. The van der Waals surface area contributed by atoms with Crippen molar-refractivity contribution < 1.29 is 0 Å². The van der Waals surface area contributed by atoms with Crippen LogP contribution < -0.4 is 5.32 Å². The van der Waals surface area contributed by atoms with Gasteiger partial charge in [0.2, 0.25) is 0 Å². The van der Waals surface area contributed by atoms with Crippen LogP contribution in [0.2, 0.25) is 0 Å². The summed E-state index contributed by atoms with van der Waals surface area (Å²) in [5, 5.41) is 3.41. The molecule has 0 spiro atoms. The Morgan fingerprint density at radius 2 is 2.11 bits per heavy atom. The number of hydrogen-bond acceptors (Lipinski definition) is 5. The average molecular weight is 261 g/mol. The molecule has 4 heterocycles. The van der Waals surface area contributed by atoms with Crippen LogP contribution in [0.15, 0.2) is 12.3 Å². The average Bonchev–Trinajstić information content (AvgIpc) is 2.46. The lowest BCUT2D eigenvalue weighted by Gasteiger charge is -2.46. The van der Waals surface area contributed by atoms with Crippen molar-refractivity contribution in [3.63, 3.8) is 0 Å². The number of nitrogens with one attached hydrogen (secondary N) is 1. The van der Waals surface area contributed by atoms with Crippen LogP contribution in [0, 0.1) is 0 Å². The summed E-state index contributed by atoms with van der Waals surface area (Å²) in [5.74, 6) is 0.993. The van der Waals surface area contributed by atoms with Gasteiger partial charge >= 0.3 is 0 Å². The van der Waals surface area contributed by atoms with Crippen molar-refractivity contribution in [1.29, 1.82) is 0 Å². The molecule has 0 radical (unpaired) electrons. The fraction of sp³-hybridized carbons (Fsp3) is 0.714. The predicted octanol–water partition coefficient (Wildman–Crippen LogP) is 0.647. The van der Waals surface area contributed by atoms with Crippen molar-refractivity contribution in [3.8, 4) is 0 Å². The molecule has 5 heteroatoms. The van der Waals surface area contributed by atoms with E-state index in [9.17, 15) is 0 Å². The van der Waals surface area contributed by atoms with Crippen LogP contribution in [0.3, 0.4) is 0 Å². The quantitative estimate of drug-likeness (QED) is 0.862. The minimum Gasteiger partial charge on any atom is -0.309 e. The molecule has 1 aromatic heterocycles. The van der Waals surface area contributed by atoms with Crippen LogP contribution >= 0.6 is 0 Å². The highest BCUT2D eigenvalue weighted by Gasteiger charge is 2.34. The SMILES string of the molecule is CC(C)NCc1ccnc(C2CN3CCN2CC3)n1. The Balaban J connectivity index is 1.72. The Hall–Kier alpha value is -1.04. The van der Waals surface area contributed by atoms with Gasteiger partial charge in [-0.05, 0) is 6.07 Å². The molecule has 3 aliphatic heterocycles. The third-order valence-corrected chi connectivity index (χ3v) is 4.00. The van der Waals surface area contributed by atoms with Gasteiger partial charge in [0.15, 0.2) is 0 Å². The summed E-state index contributed by atoms with van der Waals surface area (Å²) in [6.45, 7) is 10.9. The lowest BCUT2D eigenvalue weighted by Crippen LogP contribution is -2.57. The first kappa shape index (κ1) is 13.0. The van der Waals surface area contributed by atoms with E-state index in [1.807, 2.05) is 12.3 Å². The van der Waals surface area contributed by atoms with E-state index in [4.69, 9.17) is 4.98 Å². The monoisotopic (exact) mass is 261 g/mol. The van der Waals surface area contributed by atoms with Crippen molar-refractivity contribution in [3.05, 3.63) is 23.8 Å². The summed E-state index contributed by atoms with van der Waals surface area (Å²) >= 11 is 0.